The van der Waals surface area contributed by atoms with E-state index >= 15 is 0 Å². The number of aryl methyl sites for hydroxylation is 1. The van der Waals surface area contributed by atoms with Gasteiger partial charge in [0, 0.05) is 12.2 Å². The van der Waals surface area contributed by atoms with Crippen LogP contribution in [0.25, 0.3) is 0 Å². The molecular weight excluding hydrogens is 247 g/mol. The summed E-state index contributed by atoms with van der Waals surface area (Å²) in [5, 5.41) is 11.6. The maximum atomic E-state index is 13.3. The molecule has 2 N–H and O–H groups in total. The number of rotatable bonds is 7. The highest BCUT2D eigenvalue weighted by molar-refractivity contribution is 5.92. The summed E-state index contributed by atoms with van der Waals surface area (Å²) in [6.07, 6.45) is 0.909. The van der Waals surface area contributed by atoms with E-state index in [0.29, 0.717) is 17.8 Å². The van der Waals surface area contributed by atoms with Crippen LogP contribution in [0, 0.1) is 12.7 Å². The molecule has 1 amide bonds. The Balaban J connectivity index is 2.55. The van der Waals surface area contributed by atoms with Gasteiger partial charge in [-0.2, -0.15) is 0 Å². The molecule has 0 bridgehead atoms. The summed E-state index contributed by atoms with van der Waals surface area (Å²) in [7, 11) is 0. The van der Waals surface area contributed by atoms with Gasteiger partial charge in [0.05, 0.1) is 13.2 Å². The van der Waals surface area contributed by atoms with Crippen molar-refractivity contribution in [2.24, 2.45) is 0 Å². The van der Waals surface area contributed by atoms with Crippen molar-refractivity contribution >= 4 is 11.6 Å². The Morgan fingerprint density at radius 1 is 1.42 bits per heavy atom. The van der Waals surface area contributed by atoms with E-state index in [1.165, 1.54) is 6.07 Å². The summed E-state index contributed by atoms with van der Waals surface area (Å²) >= 11 is 0. The second-order valence-electron chi connectivity index (χ2n) is 4.51. The van der Waals surface area contributed by atoms with Gasteiger partial charge in [-0.3, -0.25) is 9.69 Å². The summed E-state index contributed by atoms with van der Waals surface area (Å²) in [5.74, 6) is -0.538. The van der Waals surface area contributed by atoms with E-state index in [1.807, 2.05) is 11.8 Å². The third kappa shape index (κ3) is 5.36. The third-order valence-corrected chi connectivity index (χ3v) is 2.78. The lowest BCUT2D eigenvalue weighted by atomic mass is 10.2. The first-order chi connectivity index (χ1) is 9.06. The summed E-state index contributed by atoms with van der Waals surface area (Å²) in [6, 6.07) is 4.61. The fraction of sp³-hybridized carbons (Fsp3) is 0.500. The highest BCUT2D eigenvalue weighted by Gasteiger charge is 2.10. The molecule has 0 aliphatic heterocycles. The van der Waals surface area contributed by atoms with Gasteiger partial charge in [0.2, 0.25) is 5.91 Å². The Morgan fingerprint density at radius 3 is 2.74 bits per heavy atom. The van der Waals surface area contributed by atoms with Gasteiger partial charge in [0.25, 0.3) is 0 Å². The summed E-state index contributed by atoms with van der Waals surface area (Å²) in [6.45, 7) is 5.11. The maximum absolute atomic E-state index is 13.3. The summed E-state index contributed by atoms with van der Waals surface area (Å²) in [4.78, 5) is 13.7. The van der Waals surface area contributed by atoms with Gasteiger partial charge in [-0.15, -0.1) is 0 Å². The molecule has 0 unspecified atom stereocenters. The van der Waals surface area contributed by atoms with Crippen LogP contribution in [0.3, 0.4) is 0 Å². The second-order valence-corrected chi connectivity index (χ2v) is 4.51. The van der Waals surface area contributed by atoms with Crippen molar-refractivity contribution in [3.63, 3.8) is 0 Å². The van der Waals surface area contributed by atoms with Crippen LogP contribution in [0.5, 0.6) is 0 Å². The highest BCUT2D eigenvalue weighted by Crippen LogP contribution is 2.13. The number of amides is 1. The van der Waals surface area contributed by atoms with E-state index in [1.54, 1.807) is 19.1 Å². The number of hydrogen-bond donors (Lipinski definition) is 2. The van der Waals surface area contributed by atoms with Gasteiger partial charge in [0.1, 0.15) is 5.82 Å². The Hall–Kier alpha value is -1.46. The fourth-order valence-electron chi connectivity index (χ4n) is 1.80. The minimum Gasteiger partial charge on any atom is -0.395 e. The monoisotopic (exact) mass is 268 g/mol. The molecule has 0 atom stereocenters. The average Bonchev–Trinajstić information content (AvgIpc) is 2.34. The van der Waals surface area contributed by atoms with Crippen LogP contribution in [0.15, 0.2) is 18.2 Å². The molecule has 0 fully saturated rings. The minimum atomic E-state index is -0.335. The number of halogens is 1. The first kappa shape index (κ1) is 15.6. The van der Waals surface area contributed by atoms with Crippen molar-refractivity contribution in [2.75, 3.05) is 31.6 Å². The van der Waals surface area contributed by atoms with Crippen molar-refractivity contribution in [2.45, 2.75) is 20.3 Å². The van der Waals surface area contributed by atoms with Crippen LogP contribution in [0.2, 0.25) is 0 Å². The maximum Gasteiger partial charge on any atom is 0.238 e. The zero-order valence-electron chi connectivity index (χ0n) is 11.4. The lowest BCUT2D eigenvalue weighted by Gasteiger charge is -2.19. The lowest BCUT2D eigenvalue weighted by molar-refractivity contribution is -0.117. The Labute approximate surface area is 113 Å². The normalized spacial score (nSPS) is 10.8. The van der Waals surface area contributed by atoms with Gasteiger partial charge in [-0.1, -0.05) is 13.0 Å². The quantitative estimate of drug-likeness (QED) is 0.792. The highest BCUT2D eigenvalue weighted by atomic mass is 19.1. The number of carbonyl (C=O) groups is 1. The molecule has 0 aliphatic carbocycles. The van der Waals surface area contributed by atoms with Crippen molar-refractivity contribution in [1.82, 2.24) is 4.90 Å². The number of hydrogen-bond acceptors (Lipinski definition) is 3. The van der Waals surface area contributed by atoms with Crippen LogP contribution in [-0.4, -0.2) is 42.2 Å². The first-order valence-electron chi connectivity index (χ1n) is 6.46. The van der Waals surface area contributed by atoms with Crippen LogP contribution in [-0.2, 0) is 4.79 Å². The molecule has 19 heavy (non-hydrogen) atoms. The molecule has 1 aromatic carbocycles. The van der Waals surface area contributed by atoms with Gasteiger partial charge in [0.15, 0.2) is 0 Å². The molecule has 5 heteroatoms. The average molecular weight is 268 g/mol. The molecular formula is C14H21FN2O2. The number of aliphatic hydroxyl groups is 1. The first-order valence-corrected chi connectivity index (χ1v) is 6.46. The zero-order chi connectivity index (χ0) is 14.3. The molecule has 0 saturated carbocycles. The number of benzene rings is 1. The van der Waals surface area contributed by atoms with E-state index < -0.39 is 0 Å². The number of aliphatic hydroxyl groups excluding tert-OH is 1. The van der Waals surface area contributed by atoms with Gasteiger partial charge < -0.3 is 10.4 Å². The van der Waals surface area contributed by atoms with Gasteiger partial charge >= 0.3 is 0 Å². The van der Waals surface area contributed by atoms with E-state index in [-0.39, 0.29) is 24.9 Å². The Bertz CT molecular complexity index is 418. The molecule has 0 spiro atoms. The van der Waals surface area contributed by atoms with Crippen molar-refractivity contribution < 1.29 is 14.3 Å². The van der Waals surface area contributed by atoms with Crippen molar-refractivity contribution in [1.29, 1.82) is 0 Å². The molecule has 106 valence electrons. The molecule has 0 aromatic heterocycles. The number of carbonyl (C=O) groups excluding carboxylic acids is 1. The molecule has 4 nitrogen and oxygen atoms in total. The number of anilines is 1. The van der Waals surface area contributed by atoms with E-state index in [4.69, 9.17) is 5.11 Å². The topological polar surface area (TPSA) is 52.6 Å². The second kappa shape index (κ2) is 7.86. The molecule has 0 heterocycles. The Morgan fingerprint density at radius 2 is 2.16 bits per heavy atom. The smallest absolute Gasteiger partial charge is 0.238 e. The van der Waals surface area contributed by atoms with Crippen molar-refractivity contribution in [3.05, 3.63) is 29.6 Å². The van der Waals surface area contributed by atoms with E-state index in [2.05, 4.69) is 5.32 Å². The van der Waals surface area contributed by atoms with Crippen LogP contribution < -0.4 is 5.32 Å². The standard InChI is InChI=1S/C14H21FN2O2/c1-3-6-17(7-8-18)10-14(19)16-12-5-4-11(2)13(15)9-12/h4-5,9,18H,3,6-8,10H2,1-2H3,(H,16,19). The van der Waals surface area contributed by atoms with Crippen molar-refractivity contribution in [3.8, 4) is 0 Å². The van der Waals surface area contributed by atoms with E-state index in [0.717, 1.165) is 13.0 Å². The molecule has 1 rings (SSSR count). The Kier molecular flexibility index (Phi) is 6.45. The van der Waals surface area contributed by atoms with Crippen LogP contribution in [0.1, 0.15) is 18.9 Å². The summed E-state index contributed by atoms with van der Waals surface area (Å²) < 4.78 is 13.3. The largest absolute Gasteiger partial charge is 0.395 e. The predicted octanol–water partition coefficient (Wildman–Crippen LogP) is 1.78. The minimum absolute atomic E-state index is 0.0203. The van der Waals surface area contributed by atoms with Gasteiger partial charge in [-0.25, -0.2) is 4.39 Å². The van der Waals surface area contributed by atoms with Crippen LogP contribution >= 0.6 is 0 Å². The molecule has 0 saturated heterocycles. The SMILES string of the molecule is CCCN(CCO)CC(=O)Nc1ccc(C)c(F)c1. The zero-order valence-corrected chi connectivity index (χ0v) is 11.4. The number of nitrogens with zero attached hydrogens (tertiary/aromatic N) is 1. The number of nitrogens with one attached hydrogen (secondary N) is 1. The van der Waals surface area contributed by atoms with Crippen LogP contribution in [0.4, 0.5) is 10.1 Å². The third-order valence-electron chi connectivity index (χ3n) is 2.78. The molecule has 0 aliphatic rings. The predicted molar refractivity (Wildman–Crippen MR) is 73.6 cm³/mol. The molecule has 1 aromatic rings. The van der Waals surface area contributed by atoms with Gasteiger partial charge in [-0.05, 0) is 37.6 Å². The fourth-order valence-corrected chi connectivity index (χ4v) is 1.80. The molecule has 0 radical (unpaired) electrons. The summed E-state index contributed by atoms with van der Waals surface area (Å²) in [5.41, 5.74) is 0.999. The lowest BCUT2D eigenvalue weighted by Crippen LogP contribution is -2.35. The van der Waals surface area contributed by atoms with E-state index in [9.17, 15) is 9.18 Å².